The summed E-state index contributed by atoms with van der Waals surface area (Å²) in [6.45, 7) is 1.39. The van der Waals surface area contributed by atoms with Crippen LogP contribution in [0, 0.1) is 5.92 Å². The van der Waals surface area contributed by atoms with Crippen molar-refractivity contribution < 1.29 is 9.59 Å². The second-order valence-corrected chi connectivity index (χ2v) is 8.79. The lowest BCUT2D eigenvalue weighted by molar-refractivity contribution is -0.120. The first-order valence-corrected chi connectivity index (χ1v) is 11.3. The number of nitrogens with zero attached hydrogens (tertiary/aromatic N) is 2. The quantitative estimate of drug-likeness (QED) is 0.365. The van der Waals surface area contributed by atoms with Gasteiger partial charge in [0.25, 0.3) is 0 Å². The highest BCUT2D eigenvalue weighted by atomic mass is 35.5. The molecule has 4 N–H and O–H groups in total. The first kappa shape index (κ1) is 23.5. The number of amides is 2. The van der Waals surface area contributed by atoms with Crippen molar-refractivity contribution in [3.63, 3.8) is 0 Å². The Morgan fingerprint density at radius 3 is 2.53 bits per heavy atom. The zero-order valence-electron chi connectivity index (χ0n) is 18.7. The third-order valence-corrected chi connectivity index (χ3v) is 6.04. The molecule has 0 spiro atoms. The fourth-order valence-electron chi connectivity index (χ4n) is 4.03. The van der Waals surface area contributed by atoms with Crippen molar-refractivity contribution >= 4 is 46.6 Å². The zero-order valence-corrected chi connectivity index (χ0v) is 19.5. The smallest absolute Gasteiger partial charge is 0.248 e. The van der Waals surface area contributed by atoms with E-state index in [1.54, 1.807) is 48.7 Å². The van der Waals surface area contributed by atoms with Gasteiger partial charge in [-0.25, -0.2) is 0 Å². The predicted molar refractivity (Wildman–Crippen MR) is 137 cm³/mol. The first-order chi connectivity index (χ1) is 16.4. The molecule has 2 unspecified atom stereocenters. The van der Waals surface area contributed by atoms with E-state index in [0.29, 0.717) is 28.6 Å². The Bertz CT molecular complexity index is 1190. The molecule has 0 bridgehead atoms. The van der Waals surface area contributed by atoms with Gasteiger partial charge in [-0.2, -0.15) is 0 Å². The van der Waals surface area contributed by atoms with Crippen LogP contribution >= 0.6 is 11.6 Å². The van der Waals surface area contributed by atoms with Gasteiger partial charge in [0.05, 0.1) is 17.3 Å². The largest absolute Gasteiger partial charge is 0.397 e. The number of rotatable bonds is 6. The second kappa shape index (κ2) is 10.5. The molecule has 2 aromatic carbocycles. The average Bonchev–Trinajstić information content (AvgIpc) is 3.23. The number of pyridine rings is 1. The molecule has 3 aromatic rings. The summed E-state index contributed by atoms with van der Waals surface area (Å²) in [6.07, 6.45) is 4.84. The summed E-state index contributed by atoms with van der Waals surface area (Å²) in [7, 11) is 2.00. The number of para-hydroxylation sites is 2. The maximum atomic E-state index is 13.0. The minimum absolute atomic E-state index is 0.0281. The minimum Gasteiger partial charge on any atom is -0.397 e. The maximum absolute atomic E-state index is 13.0. The van der Waals surface area contributed by atoms with Crippen molar-refractivity contribution in [3.8, 4) is 0 Å². The molecule has 8 heteroatoms. The van der Waals surface area contributed by atoms with Crippen LogP contribution in [0.5, 0.6) is 0 Å². The van der Waals surface area contributed by atoms with Crippen LogP contribution in [0.3, 0.4) is 0 Å². The number of hydrogen-bond acceptors (Lipinski definition) is 5. The monoisotopic (exact) mass is 475 g/mol. The molecule has 1 aliphatic rings. The van der Waals surface area contributed by atoms with E-state index >= 15 is 0 Å². The van der Waals surface area contributed by atoms with Crippen LogP contribution in [0.25, 0.3) is 6.08 Å². The number of carbonyl (C=O) groups excluding carboxylic acids is 2. The molecule has 0 radical (unpaired) electrons. The van der Waals surface area contributed by atoms with Gasteiger partial charge >= 0.3 is 0 Å². The van der Waals surface area contributed by atoms with E-state index < -0.39 is 0 Å². The van der Waals surface area contributed by atoms with Crippen LogP contribution in [0.15, 0.2) is 72.9 Å². The van der Waals surface area contributed by atoms with E-state index in [9.17, 15) is 9.59 Å². The van der Waals surface area contributed by atoms with Crippen LogP contribution < -0.4 is 16.4 Å². The number of benzene rings is 2. The van der Waals surface area contributed by atoms with Gasteiger partial charge in [-0.1, -0.05) is 29.8 Å². The maximum Gasteiger partial charge on any atom is 0.248 e. The van der Waals surface area contributed by atoms with Crippen LogP contribution in [0.1, 0.15) is 17.2 Å². The molecule has 34 heavy (non-hydrogen) atoms. The predicted octanol–water partition coefficient (Wildman–Crippen LogP) is 4.25. The van der Waals surface area contributed by atoms with Crippen molar-refractivity contribution in [3.05, 3.63) is 89.2 Å². The Balaban J connectivity index is 1.40. The Kier molecular flexibility index (Phi) is 7.25. The lowest BCUT2D eigenvalue weighted by Crippen LogP contribution is -2.28. The van der Waals surface area contributed by atoms with Crippen molar-refractivity contribution in [1.82, 2.24) is 9.88 Å². The van der Waals surface area contributed by atoms with Crippen molar-refractivity contribution in [2.45, 2.75) is 5.92 Å². The van der Waals surface area contributed by atoms with Crippen LogP contribution in [-0.2, 0) is 9.59 Å². The molecule has 1 saturated heterocycles. The van der Waals surface area contributed by atoms with Gasteiger partial charge in [-0.3, -0.25) is 14.6 Å². The van der Waals surface area contributed by atoms with E-state index in [4.69, 9.17) is 17.3 Å². The van der Waals surface area contributed by atoms with Crippen LogP contribution in [0.4, 0.5) is 17.1 Å². The molecule has 4 rings (SSSR count). The van der Waals surface area contributed by atoms with Gasteiger partial charge in [0.1, 0.15) is 0 Å². The number of aromatic nitrogens is 1. The summed E-state index contributed by atoms with van der Waals surface area (Å²) < 4.78 is 0. The molecular weight excluding hydrogens is 450 g/mol. The van der Waals surface area contributed by atoms with E-state index in [1.165, 1.54) is 6.08 Å². The lowest BCUT2D eigenvalue weighted by Gasteiger charge is -2.18. The summed E-state index contributed by atoms with van der Waals surface area (Å²) >= 11 is 5.93. The number of likely N-dealkylation sites (N-methyl/N-ethyl adjacent to an activating group) is 1. The summed E-state index contributed by atoms with van der Waals surface area (Å²) in [4.78, 5) is 31.9. The zero-order chi connectivity index (χ0) is 24.1. The fraction of sp³-hybridized carbons (Fsp3) is 0.192. The summed E-state index contributed by atoms with van der Waals surface area (Å²) in [6, 6.07) is 18.0. The molecule has 7 nitrogen and oxygen atoms in total. The Hall–Kier alpha value is -3.68. The highest BCUT2D eigenvalue weighted by molar-refractivity contribution is 6.30. The fourth-order valence-corrected chi connectivity index (χ4v) is 4.15. The van der Waals surface area contributed by atoms with Gasteiger partial charge in [-0.05, 0) is 61.2 Å². The molecule has 1 aromatic heterocycles. The Morgan fingerprint density at radius 1 is 1.06 bits per heavy atom. The molecule has 2 heterocycles. The minimum atomic E-state index is -0.279. The van der Waals surface area contributed by atoms with Crippen molar-refractivity contribution in [2.75, 3.05) is 36.5 Å². The SMILES string of the molecule is CN1CC(C(=O)Nc2ccc(Cl)cc2)C(c2ccc(C=CC(=O)Nc3ccccc3N)cn2)C1. The summed E-state index contributed by atoms with van der Waals surface area (Å²) in [5.74, 6) is -0.575. The number of anilines is 3. The highest BCUT2D eigenvalue weighted by Gasteiger charge is 2.37. The second-order valence-electron chi connectivity index (χ2n) is 8.36. The average molecular weight is 476 g/mol. The van der Waals surface area contributed by atoms with Crippen molar-refractivity contribution in [1.29, 1.82) is 0 Å². The molecule has 0 aliphatic carbocycles. The van der Waals surface area contributed by atoms with Gasteiger partial charge in [-0.15, -0.1) is 0 Å². The molecular formula is C26H26ClN5O2. The number of nitrogens with two attached hydrogens (primary N) is 1. The van der Waals surface area contributed by atoms with E-state index in [1.807, 2.05) is 31.3 Å². The van der Waals surface area contributed by atoms with E-state index in [-0.39, 0.29) is 23.7 Å². The topological polar surface area (TPSA) is 100 Å². The summed E-state index contributed by atoms with van der Waals surface area (Å²) in [5.41, 5.74) is 9.28. The molecule has 174 valence electrons. The number of nitrogen functional groups attached to an aromatic ring is 1. The Morgan fingerprint density at radius 2 is 1.82 bits per heavy atom. The van der Waals surface area contributed by atoms with Crippen molar-refractivity contribution in [2.24, 2.45) is 5.92 Å². The first-order valence-electron chi connectivity index (χ1n) is 10.9. The molecule has 1 aliphatic heterocycles. The van der Waals surface area contributed by atoms with Gasteiger partial charge < -0.3 is 21.3 Å². The third kappa shape index (κ3) is 5.81. The van der Waals surface area contributed by atoms with E-state index in [0.717, 1.165) is 17.8 Å². The number of likely N-dealkylation sites (tertiary alicyclic amines) is 1. The highest BCUT2D eigenvalue weighted by Crippen LogP contribution is 2.32. The molecule has 2 amide bonds. The normalized spacial score (nSPS) is 18.2. The van der Waals surface area contributed by atoms with E-state index in [2.05, 4.69) is 20.5 Å². The molecule has 2 atom stereocenters. The molecule has 1 fully saturated rings. The lowest BCUT2D eigenvalue weighted by atomic mass is 9.91. The van der Waals surface area contributed by atoms with Gasteiger partial charge in [0, 0.05) is 47.7 Å². The van der Waals surface area contributed by atoms with Gasteiger partial charge in [0.2, 0.25) is 11.8 Å². The number of carbonyl (C=O) groups is 2. The molecule has 0 saturated carbocycles. The van der Waals surface area contributed by atoms with Crippen LogP contribution in [0.2, 0.25) is 5.02 Å². The standard InChI is InChI=1S/C26H26ClN5O2/c1-32-15-20(21(16-32)26(34)30-19-10-8-18(27)9-11-19)23-12-6-17(14-29-23)7-13-25(33)31-24-5-3-2-4-22(24)28/h2-14,20-21H,15-16,28H2,1H3,(H,30,34)(H,31,33). The van der Waals surface area contributed by atoms with Crippen LogP contribution in [-0.4, -0.2) is 41.8 Å². The number of halogens is 1. The third-order valence-electron chi connectivity index (χ3n) is 5.79. The number of nitrogens with one attached hydrogen (secondary N) is 2. The summed E-state index contributed by atoms with van der Waals surface area (Å²) in [5, 5.41) is 6.36. The van der Waals surface area contributed by atoms with Gasteiger partial charge in [0.15, 0.2) is 0 Å². The Labute approximate surface area is 203 Å². The number of hydrogen-bond donors (Lipinski definition) is 3.